The molecule has 1 saturated heterocycles. The molecule has 0 unspecified atom stereocenters. The maximum Gasteiger partial charge on any atom is 0.250 e. The fourth-order valence-electron chi connectivity index (χ4n) is 3.98. The fraction of sp³-hybridized carbons (Fsp3) is 0.261. The molecular weight excluding hydrogens is 426 g/mol. The Labute approximate surface area is 192 Å². The van der Waals surface area contributed by atoms with E-state index >= 15 is 0 Å². The fourth-order valence-corrected chi connectivity index (χ4v) is 4.32. The Hall–Kier alpha value is -3.43. The van der Waals surface area contributed by atoms with Crippen LogP contribution in [0.4, 0.5) is 11.4 Å². The van der Waals surface area contributed by atoms with Crippen molar-refractivity contribution in [1.82, 2.24) is 14.9 Å². The third-order valence-electron chi connectivity index (χ3n) is 5.40. The van der Waals surface area contributed by atoms with Gasteiger partial charge in [-0.15, -0.1) is 0 Å². The number of carbonyl (C=O) groups is 1. The second-order valence-corrected chi connectivity index (χ2v) is 7.79. The van der Waals surface area contributed by atoms with Crippen LogP contribution in [0.3, 0.4) is 0 Å². The molecule has 0 radical (unpaired) electrons. The van der Waals surface area contributed by atoms with Gasteiger partial charge in [-0.2, -0.15) is 0 Å². The molecule has 3 heterocycles. The first-order valence-electron chi connectivity index (χ1n) is 10.1. The van der Waals surface area contributed by atoms with Gasteiger partial charge in [-0.05, 0) is 54.7 Å². The Morgan fingerprint density at radius 2 is 2.06 bits per heavy atom. The van der Waals surface area contributed by atoms with Crippen LogP contribution in [0.25, 0.3) is 0 Å². The number of methoxy groups -OCH3 is 2. The van der Waals surface area contributed by atoms with Gasteiger partial charge in [0.25, 0.3) is 0 Å². The van der Waals surface area contributed by atoms with Gasteiger partial charge in [0.2, 0.25) is 5.91 Å². The van der Waals surface area contributed by atoms with Crippen molar-refractivity contribution < 1.29 is 14.3 Å². The molecule has 166 valence electrons. The summed E-state index contributed by atoms with van der Waals surface area (Å²) in [6.07, 6.45) is 3.79. The van der Waals surface area contributed by atoms with Crippen LogP contribution in [-0.2, 0) is 16.6 Å². The van der Waals surface area contributed by atoms with Crippen molar-refractivity contribution >= 4 is 34.6 Å². The van der Waals surface area contributed by atoms with E-state index in [0.29, 0.717) is 16.5 Å². The van der Waals surface area contributed by atoms with Gasteiger partial charge in [0, 0.05) is 37.9 Å². The van der Waals surface area contributed by atoms with Crippen LogP contribution in [0, 0.1) is 0 Å². The van der Waals surface area contributed by atoms with Gasteiger partial charge in [-0.3, -0.25) is 9.78 Å². The summed E-state index contributed by atoms with van der Waals surface area (Å²) in [5.41, 5.74) is 3.34. The average molecular weight is 452 g/mol. The van der Waals surface area contributed by atoms with Crippen molar-refractivity contribution in [2.45, 2.75) is 12.1 Å². The van der Waals surface area contributed by atoms with E-state index in [2.05, 4.69) is 31.2 Å². The first-order valence-corrected chi connectivity index (χ1v) is 10.5. The molecule has 9 heteroatoms. The molecule has 3 aromatic rings. The third-order valence-corrected chi connectivity index (χ3v) is 5.71. The molecule has 1 aliphatic heterocycles. The van der Waals surface area contributed by atoms with E-state index in [1.807, 2.05) is 55.7 Å². The van der Waals surface area contributed by atoms with Crippen LogP contribution in [0.15, 0.2) is 60.9 Å². The highest BCUT2D eigenvalue weighted by Crippen LogP contribution is 2.43. The maximum atomic E-state index is 12.2. The predicted molar refractivity (Wildman–Crippen MR) is 127 cm³/mol. The first kappa shape index (κ1) is 21.8. The summed E-state index contributed by atoms with van der Waals surface area (Å²) in [5.74, 6) is 0.281. The zero-order valence-electron chi connectivity index (χ0n) is 18.1. The number of hydrogen-bond acceptors (Lipinski definition) is 5. The van der Waals surface area contributed by atoms with Gasteiger partial charge in [-0.25, -0.2) is 0 Å². The quantitative estimate of drug-likeness (QED) is 0.534. The molecule has 2 aromatic heterocycles. The van der Waals surface area contributed by atoms with Crippen LogP contribution >= 0.6 is 12.2 Å². The number of rotatable bonds is 7. The average Bonchev–Trinajstić information content (AvgIpc) is 3.36. The van der Waals surface area contributed by atoms with E-state index in [1.165, 1.54) is 7.11 Å². The molecule has 0 aliphatic carbocycles. The van der Waals surface area contributed by atoms with Crippen LogP contribution in [-0.4, -0.2) is 41.4 Å². The molecule has 1 aromatic carbocycles. The number of benzene rings is 1. The summed E-state index contributed by atoms with van der Waals surface area (Å²) in [6.45, 7) is -0.0508. The lowest BCUT2D eigenvalue weighted by atomic mass is 10.0. The summed E-state index contributed by atoms with van der Waals surface area (Å²) < 4.78 is 12.5. The number of thiocarbonyl (C=S) groups is 1. The highest BCUT2D eigenvalue weighted by molar-refractivity contribution is 7.80. The number of hydrogen-bond donors (Lipinski definition) is 2. The van der Waals surface area contributed by atoms with Crippen molar-refractivity contribution in [1.29, 1.82) is 0 Å². The monoisotopic (exact) mass is 451 g/mol. The first-order chi connectivity index (χ1) is 15.5. The summed E-state index contributed by atoms with van der Waals surface area (Å²) >= 11 is 5.77. The minimum atomic E-state index is -0.268. The standard InChI is InChI=1S/C23H25N5O3S/c1-27-12-6-8-18(27)22-21(16-7-4-5-11-24-16)26-23(32)28(22)15-9-10-19(31-3)17(13-15)25-20(29)14-30-2/h4-13,21-22H,14H2,1-3H3,(H,25,29)(H,26,32)/t21-,22-/m1/s1. The number of aryl methyl sites for hydroxylation is 1. The van der Waals surface area contributed by atoms with E-state index in [-0.39, 0.29) is 24.6 Å². The van der Waals surface area contributed by atoms with E-state index in [9.17, 15) is 4.79 Å². The van der Waals surface area contributed by atoms with Gasteiger partial charge in [-0.1, -0.05) is 6.07 Å². The highest BCUT2D eigenvalue weighted by atomic mass is 32.1. The summed E-state index contributed by atoms with van der Waals surface area (Å²) in [4.78, 5) is 18.8. The molecule has 0 spiro atoms. The lowest BCUT2D eigenvalue weighted by Gasteiger charge is -2.29. The smallest absolute Gasteiger partial charge is 0.250 e. The zero-order chi connectivity index (χ0) is 22.7. The van der Waals surface area contributed by atoms with Gasteiger partial charge in [0.05, 0.1) is 24.5 Å². The molecule has 1 aliphatic rings. The second kappa shape index (κ2) is 9.37. The molecule has 0 bridgehead atoms. The molecular formula is C23H25N5O3S. The van der Waals surface area contributed by atoms with E-state index in [1.54, 1.807) is 13.3 Å². The number of carbonyl (C=O) groups excluding carboxylic acids is 1. The Balaban J connectivity index is 1.78. The van der Waals surface area contributed by atoms with Gasteiger partial charge < -0.3 is 29.6 Å². The number of anilines is 2. The van der Waals surface area contributed by atoms with Crippen molar-refractivity contribution in [3.63, 3.8) is 0 Å². The lowest BCUT2D eigenvalue weighted by molar-refractivity contribution is -0.119. The topological polar surface area (TPSA) is 80.7 Å². The predicted octanol–water partition coefficient (Wildman–Crippen LogP) is 3.19. The minimum absolute atomic E-state index is 0.0508. The van der Waals surface area contributed by atoms with E-state index in [4.69, 9.17) is 21.7 Å². The number of nitrogens with one attached hydrogen (secondary N) is 2. The molecule has 4 rings (SSSR count). The van der Waals surface area contributed by atoms with Crippen LogP contribution in [0.2, 0.25) is 0 Å². The largest absolute Gasteiger partial charge is 0.495 e. The summed E-state index contributed by atoms with van der Waals surface area (Å²) in [5, 5.41) is 6.86. The van der Waals surface area contributed by atoms with Gasteiger partial charge in [0.1, 0.15) is 18.4 Å². The number of aromatic nitrogens is 2. The van der Waals surface area contributed by atoms with Crippen LogP contribution < -0.4 is 20.3 Å². The number of nitrogens with zero attached hydrogens (tertiary/aromatic N) is 3. The van der Waals surface area contributed by atoms with Crippen molar-refractivity contribution in [3.8, 4) is 5.75 Å². The highest BCUT2D eigenvalue weighted by Gasteiger charge is 2.42. The molecule has 1 amide bonds. The van der Waals surface area contributed by atoms with Crippen LogP contribution in [0.5, 0.6) is 5.75 Å². The number of pyridine rings is 1. The van der Waals surface area contributed by atoms with Gasteiger partial charge >= 0.3 is 0 Å². The number of amides is 1. The van der Waals surface area contributed by atoms with E-state index in [0.717, 1.165) is 17.1 Å². The molecule has 32 heavy (non-hydrogen) atoms. The zero-order valence-corrected chi connectivity index (χ0v) is 18.9. The van der Waals surface area contributed by atoms with E-state index < -0.39 is 0 Å². The SMILES string of the molecule is COCC(=O)Nc1cc(N2C(=S)N[C@H](c3ccccn3)[C@H]2c2cccn2C)ccc1OC. The normalized spacial score (nSPS) is 17.8. The van der Waals surface area contributed by atoms with Crippen molar-refractivity contribution in [3.05, 3.63) is 72.3 Å². The molecule has 2 atom stereocenters. The van der Waals surface area contributed by atoms with Crippen molar-refractivity contribution in [2.24, 2.45) is 7.05 Å². The number of ether oxygens (including phenoxy) is 2. The Morgan fingerprint density at radius 1 is 1.22 bits per heavy atom. The Bertz CT molecular complexity index is 1120. The molecule has 1 fully saturated rings. The lowest BCUT2D eigenvalue weighted by Crippen LogP contribution is -2.30. The minimum Gasteiger partial charge on any atom is -0.495 e. The Morgan fingerprint density at radius 3 is 2.72 bits per heavy atom. The van der Waals surface area contributed by atoms with Gasteiger partial charge in [0.15, 0.2) is 5.11 Å². The molecule has 8 nitrogen and oxygen atoms in total. The third kappa shape index (κ3) is 4.17. The molecule has 0 saturated carbocycles. The van der Waals surface area contributed by atoms with Crippen LogP contribution in [0.1, 0.15) is 23.5 Å². The summed E-state index contributed by atoms with van der Waals surface area (Å²) in [7, 11) is 5.05. The van der Waals surface area contributed by atoms with Crippen molar-refractivity contribution in [2.75, 3.05) is 31.0 Å². The summed E-state index contributed by atoms with van der Waals surface area (Å²) in [6, 6.07) is 15.2. The molecule has 2 N–H and O–H groups in total. The second-order valence-electron chi connectivity index (χ2n) is 7.41. The maximum absolute atomic E-state index is 12.2. The Kier molecular flexibility index (Phi) is 6.38.